The molecule has 2 saturated carbocycles. The highest BCUT2D eigenvalue weighted by Gasteiger charge is 2.26. The number of rotatable bonds is 5. The van der Waals surface area contributed by atoms with E-state index in [1.165, 1.54) is 22.5 Å². The first-order valence-electron chi connectivity index (χ1n) is 10.2. The van der Waals surface area contributed by atoms with E-state index in [1.807, 2.05) is 24.3 Å². The first-order valence-corrected chi connectivity index (χ1v) is 11.4. The van der Waals surface area contributed by atoms with Crippen molar-refractivity contribution in [2.45, 2.75) is 56.5 Å². The number of pyridine rings is 1. The first kappa shape index (κ1) is 18.8. The van der Waals surface area contributed by atoms with Crippen LogP contribution in [0.25, 0.3) is 10.2 Å². The van der Waals surface area contributed by atoms with Crippen LogP contribution in [0.3, 0.4) is 0 Å². The quantitative estimate of drug-likeness (QED) is 0.575. The molecule has 0 bridgehead atoms. The van der Waals surface area contributed by atoms with Gasteiger partial charge in [-0.3, -0.25) is 4.79 Å². The minimum absolute atomic E-state index is 0.00988. The molecule has 5 nitrogen and oxygen atoms in total. The maximum atomic E-state index is 12.7. The van der Waals surface area contributed by atoms with E-state index < -0.39 is 0 Å². The Balaban J connectivity index is 1.18. The van der Waals surface area contributed by atoms with Crippen LogP contribution in [0.5, 0.6) is 0 Å². The van der Waals surface area contributed by atoms with Crippen LogP contribution in [-0.4, -0.2) is 28.0 Å². The van der Waals surface area contributed by atoms with Crippen LogP contribution in [-0.2, 0) is 0 Å². The Labute approximate surface area is 178 Å². The van der Waals surface area contributed by atoms with Crippen LogP contribution in [0.1, 0.15) is 59.8 Å². The fourth-order valence-electron chi connectivity index (χ4n) is 3.93. The van der Waals surface area contributed by atoms with Gasteiger partial charge in [0.25, 0.3) is 5.91 Å². The zero-order valence-electron chi connectivity index (χ0n) is 16.0. The second-order valence-corrected chi connectivity index (χ2v) is 9.53. The van der Waals surface area contributed by atoms with Crippen LogP contribution in [0, 0.1) is 0 Å². The third kappa shape index (κ3) is 4.38. The second-order valence-electron chi connectivity index (χ2n) is 8.03. The van der Waals surface area contributed by atoms with E-state index in [-0.39, 0.29) is 11.9 Å². The van der Waals surface area contributed by atoms with Gasteiger partial charge in [0.1, 0.15) is 5.82 Å². The molecule has 0 radical (unpaired) electrons. The highest BCUT2D eigenvalue weighted by molar-refractivity contribution is 7.18. The third-order valence-corrected chi connectivity index (χ3v) is 7.16. The largest absolute Gasteiger partial charge is 0.367 e. The van der Waals surface area contributed by atoms with Crippen molar-refractivity contribution < 1.29 is 4.79 Å². The fraction of sp³-hybridized carbons (Fsp3) is 0.409. The summed E-state index contributed by atoms with van der Waals surface area (Å²) in [6.45, 7) is 0. The Morgan fingerprint density at radius 1 is 1.03 bits per heavy atom. The van der Waals surface area contributed by atoms with Crippen molar-refractivity contribution in [2.24, 2.45) is 0 Å². The number of thiazole rings is 1. The number of halogens is 1. The number of nitrogens with zero attached hydrogens (tertiary/aromatic N) is 2. The standard InChI is InChI=1S/C22H23ClN4OS/c23-15-3-8-19-18(12-15)27-22(29-19)13-1-4-17(5-2-13)26-21(28)14-9-10-24-20(11-14)25-16-6-7-16/h3,8-13,16-17H,1-2,4-7H2,(H,24,25)(H,26,28). The Hall–Kier alpha value is -2.18. The molecule has 0 unspecified atom stereocenters. The molecule has 2 aliphatic rings. The molecule has 3 aromatic rings. The first-order chi connectivity index (χ1) is 14.1. The summed E-state index contributed by atoms with van der Waals surface area (Å²) in [7, 11) is 0. The minimum Gasteiger partial charge on any atom is -0.367 e. The van der Waals surface area contributed by atoms with Gasteiger partial charge in [-0.05, 0) is 68.9 Å². The summed E-state index contributed by atoms with van der Waals surface area (Å²) in [5, 5.41) is 8.48. The van der Waals surface area contributed by atoms with Crippen LogP contribution in [0.2, 0.25) is 5.02 Å². The van der Waals surface area contributed by atoms with E-state index in [0.717, 1.165) is 42.0 Å². The molecule has 150 valence electrons. The Morgan fingerprint density at radius 2 is 1.83 bits per heavy atom. The average molecular weight is 427 g/mol. The van der Waals surface area contributed by atoms with Gasteiger partial charge >= 0.3 is 0 Å². The van der Waals surface area contributed by atoms with Crippen LogP contribution < -0.4 is 10.6 Å². The topological polar surface area (TPSA) is 66.9 Å². The minimum atomic E-state index is -0.00988. The third-order valence-electron chi connectivity index (χ3n) is 5.73. The number of aromatic nitrogens is 2. The molecule has 2 fully saturated rings. The molecule has 0 saturated heterocycles. The summed E-state index contributed by atoms with van der Waals surface area (Å²) in [5.74, 6) is 1.25. The fourth-order valence-corrected chi connectivity index (χ4v) is 5.22. The summed E-state index contributed by atoms with van der Waals surface area (Å²) >= 11 is 7.85. The summed E-state index contributed by atoms with van der Waals surface area (Å²) in [4.78, 5) is 21.8. The maximum absolute atomic E-state index is 12.7. The Morgan fingerprint density at radius 3 is 2.62 bits per heavy atom. The number of amides is 1. The number of hydrogen-bond donors (Lipinski definition) is 2. The number of carbonyl (C=O) groups is 1. The molecule has 5 rings (SSSR count). The number of carbonyl (C=O) groups excluding carboxylic acids is 1. The molecule has 1 amide bonds. The van der Waals surface area contributed by atoms with E-state index >= 15 is 0 Å². The predicted molar refractivity (Wildman–Crippen MR) is 118 cm³/mol. The molecule has 1 aromatic carbocycles. The second kappa shape index (κ2) is 7.92. The van der Waals surface area contributed by atoms with Gasteiger partial charge in [-0.15, -0.1) is 11.3 Å². The van der Waals surface area contributed by atoms with Gasteiger partial charge in [0.15, 0.2) is 0 Å². The zero-order chi connectivity index (χ0) is 19.8. The van der Waals surface area contributed by atoms with E-state index in [9.17, 15) is 4.79 Å². The predicted octanol–water partition coefficient (Wildman–Crippen LogP) is 5.38. The van der Waals surface area contributed by atoms with Crippen molar-refractivity contribution in [3.05, 3.63) is 52.1 Å². The molecule has 0 aliphatic heterocycles. The van der Waals surface area contributed by atoms with Gasteiger partial charge < -0.3 is 10.6 Å². The molecule has 7 heteroatoms. The number of benzene rings is 1. The van der Waals surface area contributed by atoms with Crippen molar-refractivity contribution >= 4 is 44.9 Å². The molecule has 0 spiro atoms. The van der Waals surface area contributed by atoms with E-state index in [2.05, 4.69) is 15.6 Å². The van der Waals surface area contributed by atoms with Crippen LogP contribution >= 0.6 is 22.9 Å². The molecule has 2 aliphatic carbocycles. The summed E-state index contributed by atoms with van der Waals surface area (Å²) in [5.41, 5.74) is 1.66. The zero-order valence-corrected chi connectivity index (χ0v) is 17.6. The van der Waals surface area contributed by atoms with Gasteiger partial charge in [-0.1, -0.05) is 11.6 Å². The summed E-state index contributed by atoms with van der Waals surface area (Å²) < 4.78 is 1.19. The van der Waals surface area contributed by atoms with Crippen molar-refractivity contribution in [1.29, 1.82) is 0 Å². The highest BCUT2D eigenvalue weighted by atomic mass is 35.5. The molecule has 0 atom stereocenters. The maximum Gasteiger partial charge on any atom is 0.251 e. The van der Waals surface area contributed by atoms with E-state index in [1.54, 1.807) is 23.6 Å². The van der Waals surface area contributed by atoms with Crippen LogP contribution in [0.4, 0.5) is 5.82 Å². The van der Waals surface area contributed by atoms with Crippen LogP contribution in [0.15, 0.2) is 36.5 Å². The number of nitrogens with one attached hydrogen (secondary N) is 2. The van der Waals surface area contributed by atoms with Crippen molar-refractivity contribution in [3.63, 3.8) is 0 Å². The number of anilines is 1. The highest BCUT2D eigenvalue weighted by Crippen LogP contribution is 2.37. The smallest absolute Gasteiger partial charge is 0.251 e. The molecular weight excluding hydrogens is 404 g/mol. The lowest BCUT2D eigenvalue weighted by atomic mass is 9.86. The van der Waals surface area contributed by atoms with Gasteiger partial charge in [0.2, 0.25) is 0 Å². The summed E-state index contributed by atoms with van der Waals surface area (Å²) in [6.07, 6.45) is 8.12. The molecular formula is C22H23ClN4OS. The molecule has 2 N–H and O–H groups in total. The monoisotopic (exact) mass is 426 g/mol. The lowest BCUT2D eigenvalue weighted by molar-refractivity contribution is 0.0925. The molecule has 2 heterocycles. The average Bonchev–Trinajstić information content (AvgIpc) is 3.44. The SMILES string of the molecule is O=C(NC1CCC(c2nc3cc(Cl)ccc3s2)CC1)c1ccnc(NC2CC2)c1. The number of hydrogen-bond acceptors (Lipinski definition) is 5. The van der Waals surface area contributed by atoms with Gasteiger partial charge in [-0.25, -0.2) is 9.97 Å². The molecule has 2 aromatic heterocycles. The van der Waals surface area contributed by atoms with Gasteiger partial charge in [0.05, 0.1) is 15.2 Å². The lowest BCUT2D eigenvalue weighted by Gasteiger charge is -2.28. The lowest BCUT2D eigenvalue weighted by Crippen LogP contribution is -2.37. The van der Waals surface area contributed by atoms with Gasteiger partial charge in [0, 0.05) is 34.8 Å². The number of fused-ring (bicyclic) bond motifs is 1. The van der Waals surface area contributed by atoms with Crippen molar-refractivity contribution in [2.75, 3.05) is 5.32 Å². The van der Waals surface area contributed by atoms with Crippen molar-refractivity contribution in [1.82, 2.24) is 15.3 Å². The molecule has 29 heavy (non-hydrogen) atoms. The Kier molecular flexibility index (Phi) is 5.14. The van der Waals surface area contributed by atoms with Crippen molar-refractivity contribution in [3.8, 4) is 0 Å². The summed E-state index contributed by atoms with van der Waals surface area (Å²) in [6, 6.07) is 10.3. The normalized spacial score (nSPS) is 21.8. The van der Waals surface area contributed by atoms with Gasteiger partial charge in [-0.2, -0.15) is 0 Å². The van der Waals surface area contributed by atoms with E-state index in [4.69, 9.17) is 16.6 Å². The van der Waals surface area contributed by atoms with E-state index in [0.29, 0.717) is 17.5 Å². The Bertz CT molecular complexity index is 1040.